The van der Waals surface area contributed by atoms with Gasteiger partial charge in [0.15, 0.2) is 11.5 Å². The maximum atomic E-state index is 13.1. The van der Waals surface area contributed by atoms with Gasteiger partial charge in [0.2, 0.25) is 5.75 Å². The molecule has 12 heteroatoms. The Hall–Kier alpha value is -5.18. The lowest BCUT2D eigenvalue weighted by Gasteiger charge is -2.16. The first-order chi connectivity index (χ1) is 18.0. The summed E-state index contributed by atoms with van der Waals surface area (Å²) in [6.45, 7) is 3.67. The lowest BCUT2D eigenvalue weighted by molar-refractivity contribution is -0.385. The summed E-state index contributed by atoms with van der Waals surface area (Å²) >= 11 is 0. The van der Waals surface area contributed by atoms with Crippen molar-refractivity contribution in [3.05, 3.63) is 110 Å². The molecule has 0 N–H and O–H groups in total. The third-order valence-electron chi connectivity index (χ3n) is 5.25. The molecule has 3 aromatic rings. The molecule has 0 aliphatic carbocycles. The van der Waals surface area contributed by atoms with Gasteiger partial charge in [-0.1, -0.05) is 6.08 Å². The molecular weight excluding hydrogens is 507 g/mol. The van der Waals surface area contributed by atoms with Crippen LogP contribution < -0.4 is 9.47 Å². The normalized spacial score (nSPS) is 11.4. The van der Waals surface area contributed by atoms with Crippen molar-refractivity contribution in [2.24, 2.45) is 0 Å². The molecule has 194 valence electrons. The van der Waals surface area contributed by atoms with Gasteiger partial charge in [-0.25, -0.2) is 0 Å². The number of halogens is 3. The van der Waals surface area contributed by atoms with Gasteiger partial charge in [-0.2, -0.15) is 18.4 Å². The van der Waals surface area contributed by atoms with Crippen LogP contribution in [0.15, 0.2) is 67.3 Å². The van der Waals surface area contributed by atoms with E-state index in [1.807, 2.05) is 6.07 Å². The first kappa shape index (κ1) is 27.4. The molecule has 0 unspecified atom stereocenters. The standard InChI is InChI=1S/C26H18F3N3O6/c1-3-4-18-11-16(12-19(15-30)17-5-8-21(9-6-17)31(33)34)13-24(37-2)25(18)38-23-10-7-20(26(27,28)29)14-22(23)32(35)36/h3,5-14H,1,4H2,2H3/b19-12+. The number of rotatable bonds is 9. The highest BCUT2D eigenvalue weighted by molar-refractivity contribution is 5.90. The monoisotopic (exact) mass is 525 g/mol. The summed E-state index contributed by atoms with van der Waals surface area (Å²) in [4.78, 5) is 20.8. The Morgan fingerprint density at radius 3 is 2.26 bits per heavy atom. The molecule has 0 heterocycles. The average Bonchev–Trinajstić information content (AvgIpc) is 2.88. The molecule has 0 spiro atoms. The Bertz CT molecular complexity index is 1480. The molecule has 0 aliphatic rings. The van der Waals surface area contributed by atoms with Crippen LogP contribution in [0, 0.1) is 31.6 Å². The summed E-state index contributed by atoms with van der Waals surface area (Å²) in [5.41, 5.74) is -0.754. The van der Waals surface area contributed by atoms with E-state index in [-0.39, 0.29) is 29.2 Å². The van der Waals surface area contributed by atoms with Crippen LogP contribution in [0.5, 0.6) is 17.2 Å². The van der Waals surface area contributed by atoms with Gasteiger partial charge in [0.25, 0.3) is 5.69 Å². The largest absolute Gasteiger partial charge is 0.493 e. The Balaban J connectivity index is 2.10. The van der Waals surface area contributed by atoms with Crippen LogP contribution in [-0.4, -0.2) is 17.0 Å². The molecule has 0 radical (unpaired) electrons. The average molecular weight is 525 g/mol. The zero-order chi connectivity index (χ0) is 28.0. The molecular formula is C26H18F3N3O6. The van der Waals surface area contributed by atoms with E-state index in [1.165, 1.54) is 49.6 Å². The summed E-state index contributed by atoms with van der Waals surface area (Å²) < 4.78 is 50.3. The number of hydrogen-bond donors (Lipinski definition) is 0. The molecule has 0 saturated carbocycles. The molecule has 3 aromatic carbocycles. The molecule has 0 fully saturated rings. The number of allylic oxidation sites excluding steroid dienone is 2. The Morgan fingerprint density at radius 1 is 1.05 bits per heavy atom. The molecule has 0 saturated heterocycles. The van der Waals surface area contributed by atoms with Gasteiger partial charge in [0, 0.05) is 23.8 Å². The van der Waals surface area contributed by atoms with Gasteiger partial charge in [-0.3, -0.25) is 20.2 Å². The van der Waals surface area contributed by atoms with Crippen molar-refractivity contribution < 1.29 is 32.5 Å². The summed E-state index contributed by atoms with van der Waals surface area (Å²) in [6.07, 6.45) is -1.59. The number of nitriles is 1. The van der Waals surface area contributed by atoms with Crippen molar-refractivity contribution >= 4 is 23.0 Å². The molecule has 0 bridgehead atoms. The van der Waals surface area contributed by atoms with Gasteiger partial charge in [0.1, 0.15) is 0 Å². The van der Waals surface area contributed by atoms with E-state index in [9.17, 15) is 38.7 Å². The van der Waals surface area contributed by atoms with Crippen LogP contribution in [-0.2, 0) is 12.6 Å². The van der Waals surface area contributed by atoms with Gasteiger partial charge in [-0.05, 0) is 60.0 Å². The van der Waals surface area contributed by atoms with Crippen molar-refractivity contribution in [1.29, 1.82) is 5.26 Å². The fourth-order valence-electron chi connectivity index (χ4n) is 3.48. The first-order valence-electron chi connectivity index (χ1n) is 10.7. The zero-order valence-electron chi connectivity index (χ0n) is 19.7. The van der Waals surface area contributed by atoms with Gasteiger partial charge < -0.3 is 9.47 Å². The van der Waals surface area contributed by atoms with Crippen LogP contribution in [0.1, 0.15) is 22.3 Å². The first-order valence-corrected chi connectivity index (χ1v) is 10.7. The fraction of sp³-hybridized carbons (Fsp3) is 0.115. The lowest BCUT2D eigenvalue weighted by atomic mass is 10.0. The van der Waals surface area contributed by atoms with Crippen molar-refractivity contribution in [1.82, 2.24) is 0 Å². The third-order valence-corrected chi connectivity index (χ3v) is 5.25. The van der Waals surface area contributed by atoms with Crippen LogP contribution >= 0.6 is 0 Å². The van der Waals surface area contributed by atoms with Gasteiger partial charge >= 0.3 is 11.9 Å². The summed E-state index contributed by atoms with van der Waals surface area (Å²) in [7, 11) is 1.30. The maximum Gasteiger partial charge on any atom is 0.416 e. The molecule has 0 amide bonds. The number of alkyl halides is 3. The second-order valence-corrected chi connectivity index (χ2v) is 7.72. The summed E-state index contributed by atoms with van der Waals surface area (Å²) in [6, 6.07) is 12.4. The topological polar surface area (TPSA) is 129 Å². The minimum absolute atomic E-state index is 0.0150. The Morgan fingerprint density at radius 2 is 1.74 bits per heavy atom. The highest BCUT2D eigenvalue weighted by Gasteiger charge is 2.33. The van der Waals surface area contributed by atoms with E-state index in [2.05, 4.69) is 6.58 Å². The fourth-order valence-corrected chi connectivity index (χ4v) is 3.48. The maximum absolute atomic E-state index is 13.1. The SMILES string of the molecule is C=CCc1cc(/C=C(\C#N)c2ccc([N+](=O)[O-])cc2)cc(OC)c1Oc1ccc(C(F)(F)F)cc1[N+](=O)[O-]. The number of nitro groups is 2. The second kappa shape index (κ2) is 11.3. The van der Waals surface area contributed by atoms with Gasteiger partial charge in [0.05, 0.1) is 34.2 Å². The summed E-state index contributed by atoms with van der Waals surface area (Å²) in [5, 5.41) is 32.1. The van der Waals surface area contributed by atoms with E-state index in [0.717, 1.165) is 6.07 Å². The quantitative estimate of drug-likeness (QED) is 0.0956. The molecule has 38 heavy (non-hydrogen) atoms. The third kappa shape index (κ3) is 6.14. The highest BCUT2D eigenvalue weighted by Crippen LogP contribution is 2.42. The van der Waals surface area contributed by atoms with Crippen LogP contribution in [0.3, 0.4) is 0 Å². The molecule has 0 atom stereocenters. The van der Waals surface area contributed by atoms with Crippen molar-refractivity contribution in [3.63, 3.8) is 0 Å². The van der Waals surface area contributed by atoms with E-state index >= 15 is 0 Å². The number of nitro benzene ring substituents is 2. The smallest absolute Gasteiger partial charge is 0.416 e. The highest BCUT2D eigenvalue weighted by atomic mass is 19.4. The van der Waals surface area contributed by atoms with Crippen molar-refractivity contribution in [2.45, 2.75) is 12.6 Å². The number of hydrogen-bond acceptors (Lipinski definition) is 7. The lowest BCUT2D eigenvalue weighted by Crippen LogP contribution is -2.06. The summed E-state index contributed by atoms with van der Waals surface area (Å²) in [5.74, 6) is -0.328. The molecule has 0 aliphatic heterocycles. The second-order valence-electron chi connectivity index (χ2n) is 7.72. The zero-order valence-corrected chi connectivity index (χ0v) is 19.7. The predicted octanol–water partition coefficient (Wildman–Crippen LogP) is 7.12. The van der Waals surface area contributed by atoms with Crippen LogP contribution in [0.2, 0.25) is 0 Å². The Labute approximate surface area is 214 Å². The van der Waals surface area contributed by atoms with E-state index in [0.29, 0.717) is 28.8 Å². The number of methoxy groups -OCH3 is 1. The number of non-ortho nitro benzene ring substituents is 1. The van der Waals surface area contributed by atoms with E-state index in [1.54, 1.807) is 6.07 Å². The molecule has 9 nitrogen and oxygen atoms in total. The van der Waals surface area contributed by atoms with Crippen molar-refractivity contribution in [3.8, 4) is 23.3 Å². The number of nitrogens with zero attached hydrogens (tertiary/aromatic N) is 3. The Kier molecular flexibility index (Phi) is 8.12. The minimum Gasteiger partial charge on any atom is -0.493 e. The number of benzene rings is 3. The molecule has 3 rings (SSSR count). The van der Waals surface area contributed by atoms with Crippen molar-refractivity contribution in [2.75, 3.05) is 7.11 Å². The minimum atomic E-state index is -4.79. The number of ether oxygens (including phenoxy) is 2. The predicted molar refractivity (Wildman–Crippen MR) is 132 cm³/mol. The van der Waals surface area contributed by atoms with E-state index < -0.39 is 33.0 Å². The van der Waals surface area contributed by atoms with Crippen LogP contribution in [0.4, 0.5) is 24.5 Å². The van der Waals surface area contributed by atoms with Gasteiger partial charge in [-0.15, -0.1) is 6.58 Å². The van der Waals surface area contributed by atoms with E-state index in [4.69, 9.17) is 9.47 Å². The van der Waals surface area contributed by atoms with Crippen LogP contribution in [0.25, 0.3) is 11.6 Å². The molecule has 0 aromatic heterocycles.